The molecule has 0 aliphatic rings. The van der Waals surface area contributed by atoms with Gasteiger partial charge in [-0.3, -0.25) is 0 Å². The second-order valence-corrected chi connectivity index (χ2v) is 8.44. The molecular weight excluding hydrogens is 458 g/mol. The van der Waals surface area contributed by atoms with Gasteiger partial charge >= 0.3 is 0 Å². The van der Waals surface area contributed by atoms with Gasteiger partial charge in [-0.2, -0.15) is 6.54 Å². The number of allylic oxidation sites excluding steroid dienone is 2. The zero-order valence-electron chi connectivity index (χ0n) is 22.5. The minimum atomic E-state index is 0. The lowest BCUT2D eigenvalue weighted by molar-refractivity contribution is -0.353. The van der Waals surface area contributed by atoms with E-state index in [9.17, 15) is 0 Å². The van der Waals surface area contributed by atoms with E-state index >= 15 is 0 Å². The van der Waals surface area contributed by atoms with Crippen LogP contribution in [0, 0.1) is 0 Å². The molecule has 0 aromatic rings. The fourth-order valence-electron chi connectivity index (χ4n) is 3.12. The molecule has 0 saturated carbocycles. The molecule has 32 heavy (non-hydrogen) atoms. The first-order chi connectivity index (χ1) is 15.2. The average molecular weight is 521 g/mol. The van der Waals surface area contributed by atoms with E-state index in [4.69, 9.17) is 5.73 Å². The first-order valence-corrected chi connectivity index (χ1v) is 13.8. The van der Waals surface area contributed by atoms with Gasteiger partial charge in [0.05, 0.1) is 13.1 Å². The Bertz CT molecular complexity index is 290. The summed E-state index contributed by atoms with van der Waals surface area (Å²) in [5.74, 6) is 0. The highest BCUT2D eigenvalue weighted by Gasteiger charge is 1.93. The van der Waals surface area contributed by atoms with Crippen molar-refractivity contribution in [3.8, 4) is 0 Å². The summed E-state index contributed by atoms with van der Waals surface area (Å²) in [6.45, 7) is 9.11. The van der Waals surface area contributed by atoms with Crippen molar-refractivity contribution < 1.29 is 28.4 Å². The molecule has 0 saturated heterocycles. The van der Waals surface area contributed by atoms with Crippen LogP contribution in [0.2, 0.25) is 0 Å². The molecule has 4 heteroatoms. The third-order valence-corrected chi connectivity index (χ3v) is 5.11. The maximum atomic E-state index is 7.06. The van der Waals surface area contributed by atoms with Crippen LogP contribution in [-0.4, -0.2) is 19.6 Å². The molecule has 0 fully saturated rings. The van der Waals surface area contributed by atoms with E-state index < -0.39 is 0 Å². The van der Waals surface area contributed by atoms with Crippen LogP contribution in [0.5, 0.6) is 0 Å². The van der Waals surface area contributed by atoms with Crippen molar-refractivity contribution in [2.45, 2.75) is 136 Å². The minimum absolute atomic E-state index is 0. The largest absolute Gasteiger partial charge is 1.00 e. The van der Waals surface area contributed by atoms with Gasteiger partial charge in [-0.05, 0) is 25.0 Å². The monoisotopic (exact) mass is 519 g/mol. The fourth-order valence-corrected chi connectivity index (χ4v) is 3.12. The summed E-state index contributed by atoms with van der Waals surface area (Å²) < 4.78 is 0. The lowest BCUT2D eigenvalue weighted by Crippen LogP contribution is -3.00. The van der Waals surface area contributed by atoms with E-state index in [-0.39, 0.29) is 17.0 Å². The first-order valence-electron chi connectivity index (χ1n) is 13.8. The maximum absolute atomic E-state index is 7.06. The van der Waals surface area contributed by atoms with Gasteiger partial charge in [0.2, 0.25) is 0 Å². The molecule has 0 bridgehead atoms. The quantitative estimate of drug-likeness (QED) is 0.173. The molecule has 0 radical (unpaired) electrons. The van der Waals surface area contributed by atoms with Crippen molar-refractivity contribution in [1.82, 2.24) is 0 Å². The zero-order valence-corrected chi connectivity index (χ0v) is 24.0. The first kappa shape index (κ1) is 39.1. The molecule has 0 aromatic carbocycles. The molecule has 0 aromatic heterocycles. The van der Waals surface area contributed by atoms with Gasteiger partial charge in [-0.25, -0.2) is 0 Å². The van der Waals surface area contributed by atoms with Crippen LogP contribution in [0.15, 0.2) is 24.3 Å². The van der Waals surface area contributed by atoms with Crippen molar-refractivity contribution in [3.63, 3.8) is 0 Å². The Balaban J connectivity index is -0.000000217. The highest BCUT2D eigenvalue weighted by Crippen LogP contribution is 2.12. The molecule has 0 aliphatic carbocycles. The third-order valence-electron chi connectivity index (χ3n) is 5.11. The van der Waals surface area contributed by atoms with Gasteiger partial charge in [0.25, 0.3) is 0 Å². The van der Waals surface area contributed by atoms with Crippen LogP contribution in [-0.2, 0) is 0 Å². The van der Waals surface area contributed by atoms with Crippen molar-refractivity contribution in [2.24, 2.45) is 0 Å². The lowest BCUT2D eigenvalue weighted by Gasteiger charge is -2.03. The van der Waals surface area contributed by atoms with Gasteiger partial charge in [-0.15, -0.1) is 0 Å². The summed E-state index contributed by atoms with van der Waals surface area (Å²) in [6, 6.07) is 0. The van der Waals surface area contributed by atoms with Crippen molar-refractivity contribution >= 4 is 0 Å². The predicted molar refractivity (Wildman–Crippen MR) is 143 cm³/mol. The molecule has 0 unspecified atom stereocenters. The van der Waals surface area contributed by atoms with Crippen molar-refractivity contribution in [2.75, 3.05) is 19.6 Å². The number of nitrogens with one attached hydrogen (secondary N) is 1. The normalized spacial score (nSPS) is 10.4. The van der Waals surface area contributed by atoms with Crippen LogP contribution >= 0.6 is 0 Å². The third kappa shape index (κ3) is 52.0. The maximum Gasteiger partial charge on any atom is 0.0926 e. The topological polar surface area (TPSA) is 79.1 Å². The Hall–Kier alpha value is -0.160. The number of rotatable bonds is 20. The number of quaternary nitrogens is 2. The van der Waals surface area contributed by atoms with Gasteiger partial charge < -0.3 is 34.2 Å². The summed E-state index contributed by atoms with van der Waals surface area (Å²) in [5, 5.41) is 0. The van der Waals surface area contributed by atoms with Crippen molar-refractivity contribution in [3.05, 3.63) is 30.0 Å². The second kappa shape index (κ2) is 44.5. The van der Waals surface area contributed by atoms with E-state index in [0.717, 1.165) is 19.5 Å². The molecule has 3 nitrogen and oxygen atoms in total. The molecule has 0 heterocycles. The fraction of sp³-hybridized carbons (Fsp3) is 0.857. The Kier molecular flexibility index (Phi) is 54.3. The molecule has 7 N–H and O–H groups in total. The molecule has 0 spiro atoms. The van der Waals surface area contributed by atoms with Gasteiger partial charge in [0, 0.05) is 0 Å². The van der Waals surface area contributed by atoms with Gasteiger partial charge in [0.1, 0.15) is 0 Å². The van der Waals surface area contributed by atoms with Gasteiger partial charge in [0.15, 0.2) is 0 Å². The Morgan fingerprint density at radius 2 is 0.781 bits per heavy atom. The number of hydrogen-bond acceptors (Lipinski definition) is 0. The second-order valence-electron chi connectivity index (χ2n) is 8.44. The van der Waals surface area contributed by atoms with E-state index in [1.165, 1.54) is 109 Å². The summed E-state index contributed by atoms with van der Waals surface area (Å²) in [6.07, 6.45) is 33.0. The standard InChI is InChI=1S/C16H34N.2C6H13N.BrH/c1-2-3-4-5-6-7-8-9-10-11-12-13-14-15-16-17;2*1-2-3-4-5-6-7;/h17H,2-16H2,1H3;2*4-5H,2-3,6-7H2,1H3;1H/q-1;;;/p+1. The average Bonchev–Trinajstić information content (AvgIpc) is 2.79. The predicted octanol–water partition coefficient (Wildman–Crippen LogP) is 4.69. The minimum Gasteiger partial charge on any atom is -1.00 e. The highest BCUT2D eigenvalue weighted by molar-refractivity contribution is 4.79. The van der Waals surface area contributed by atoms with Gasteiger partial charge in [-0.1, -0.05) is 136 Å². The number of halogens is 1. The van der Waals surface area contributed by atoms with E-state index in [1.54, 1.807) is 0 Å². The SMILES string of the molecule is CCCC=CC[NH3+].CCCC=CC[NH3+].CCCCCCCCCCCCCCCC[NH-].[Br-]. The Morgan fingerprint density at radius 3 is 1.03 bits per heavy atom. The van der Waals surface area contributed by atoms with Crippen LogP contribution < -0.4 is 28.4 Å². The van der Waals surface area contributed by atoms with Crippen LogP contribution in [0.25, 0.3) is 5.73 Å². The summed E-state index contributed by atoms with van der Waals surface area (Å²) in [5.41, 5.74) is 14.4. The lowest BCUT2D eigenvalue weighted by atomic mass is 10.0. The number of unbranched alkanes of at least 4 members (excludes halogenated alkanes) is 15. The smallest absolute Gasteiger partial charge is 0.0926 e. The highest BCUT2D eigenvalue weighted by atomic mass is 79.9. The Labute approximate surface area is 214 Å². The summed E-state index contributed by atoms with van der Waals surface area (Å²) in [4.78, 5) is 0. The molecular formula is C28H62BrN3. The van der Waals surface area contributed by atoms with E-state index in [2.05, 4.69) is 56.5 Å². The molecule has 0 amide bonds. The molecule has 0 aliphatic heterocycles. The zero-order chi connectivity index (χ0) is 23.7. The molecule has 0 rings (SSSR count). The molecule has 0 atom stereocenters. The summed E-state index contributed by atoms with van der Waals surface area (Å²) in [7, 11) is 0. The van der Waals surface area contributed by atoms with Crippen LogP contribution in [0.1, 0.15) is 136 Å². The summed E-state index contributed by atoms with van der Waals surface area (Å²) >= 11 is 0. The number of hydrogen-bond donors (Lipinski definition) is 2. The van der Waals surface area contributed by atoms with Crippen LogP contribution in [0.3, 0.4) is 0 Å². The van der Waals surface area contributed by atoms with E-state index in [0.29, 0.717) is 6.54 Å². The van der Waals surface area contributed by atoms with Crippen molar-refractivity contribution in [1.29, 1.82) is 0 Å². The van der Waals surface area contributed by atoms with Crippen LogP contribution in [0.4, 0.5) is 0 Å². The van der Waals surface area contributed by atoms with E-state index in [1.807, 2.05) is 0 Å². The Morgan fingerprint density at radius 1 is 0.469 bits per heavy atom. The molecule has 196 valence electrons.